The van der Waals surface area contributed by atoms with Crippen LogP contribution in [0.15, 0.2) is 49.6 Å². The molecule has 0 bridgehead atoms. The smallest absolute Gasteiger partial charge is 0.0482 e. The predicted molar refractivity (Wildman–Crippen MR) is 97.9 cm³/mol. The van der Waals surface area contributed by atoms with E-state index in [0.717, 1.165) is 34.5 Å². The predicted octanol–water partition coefficient (Wildman–Crippen LogP) is 5.88. The Kier molecular flexibility index (Phi) is 5.98. The molecule has 0 saturated carbocycles. The number of hydrogen-bond donors (Lipinski definition) is 0. The summed E-state index contributed by atoms with van der Waals surface area (Å²) >= 11 is 0. The van der Waals surface area contributed by atoms with Gasteiger partial charge in [0.1, 0.15) is 0 Å². The lowest BCUT2D eigenvalue weighted by Crippen LogP contribution is -1.93. The van der Waals surface area contributed by atoms with Crippen LogP contribution in [0, 0.1) is 0 Å². The zero-order valence-electron chi connectivity index (χ0n) is 13.4. The summed E-state index contributed by atoms with van der Waals surface area (Å²) in [5, 5.41) is 0. The molecule has 0 atom stereocenters. The van der Waals surface area contributed by atoms with E-state index >= 15 is 0 Å². The third-order valence-electron chi connectivity index (χ3n) is 3.62. The zero-order valence-corrected chi connectivity index (χ0v) is 13.4. The van der Waals surface area contributed by atoms with Crippen LogP contribution >= 0.6 is 0 Å². The molecule has 0 spiro atoms. The van der Waals surface area contributed by atoms with E-state index in [1.807, 2.05) is 31.4 Å². The lowest BCUT2D eigenvalue weighted by atomic mass is 10.0. The van der Waals surface area contributed by atoms with Crippen molar-refractivity contribution in [3.63, 3.8) is 0 Å². The molecule has 1 nitrogen and oxygen atoms in total. The first-order valence-corrected chi connectivity index (χ1v) is 7.16. The van der Waals surface area contributed by atoms with Crippen LogP contribution in [0.5, 0.6) is 0 Å². The fourth-order valence-electron chi connectivity index (χ4n) is 2.55. The maximum atomic E-state index is 3.94. The molecule has 0 radical (unpaired) electrons. The second-order valence-electron chi connectivity index (χ2n) is 4.87. The van der Waals surface area contributed by atoms with Crippen molar-refractivity contribution in [3.05, 3.63) is 72.1 Å². The van der Waals surface area contributed by atoms with Crippen LogP contribution in [-0.2, 0) is 7.05 Å². The Bertz CT molecular complexity index is 633. The van der Waals surface area contributed by atoms with Crippen molar-refractivity contribution in [2.75, 3.05) is 0 Å². The van der Waals surface area contributed by atoms with Gasteiger partial charge in [-0.1, -0.05) is 51.5 Å². The number of hydrogen-bond acceptors (Lipinski definition) is 0. The molecule has 110 valence electrons. The topological polar surface area (TPSA) is 4.93 Å². The van der Waals surface area contributed by atoms with Crippen molar-refractivity contribution in [2.24, 2.45) is 7.05 Å². The molecule has 0 N–H and O–H groups in total. The molecule has 0 fully saturated rings. The van der Waals surface area contributed by atoms with Gasteiger partial charge in [-0.3, -0.25) is 0 Å². The summed E-state index contributed by atoms with van der Waals surface area (Å²) in [6.07, 6.45) is 12.8. The molecule has 0 saturated heterocycles. The van der Waals surface area contributed by atoms with Crippen molar-refractivity contribution < 1.29 is 0 Å². The number of rotatable bonds is 7. The molecule has 1 heteroatoms. The summed E-state index contributed by atoms with van der Waals surface area (Å²) < 4.78 is 2.09. The van der Waals surface area contributed by atoms with E-state index in [1.54, 1.807) is 0 Å². The van der Waals surface area contributed by atoms with Crippen molar-refractivity contribution in [1.29, 1.82) is 0 Å². The zero-order chi connectivity index (χ0) is 16.0. The minimum Gasteiger partial charge on any atom is -0.344 e. The Hall–Kier alpha value is -2.28. The summed E-state index contributed by atoms with van der Waals surface area (Å²) in [5.74, 6) is 0. The largest absolute Gasteiger partial charge is 0.344 e. The molecule has 1 heterocycles. The highest BCUT2D eigenvalue weighted by molar-refractivity contribution is 5.80. The van der Waals surface area contributed by atoms with E-state index < -0.39 is 0 Å². The Morgan fingerprint density at radius 1 is 1.00 bits per heavy atom. The van der Waals surface area contributed by atoms with Crippen LogP contribution in [0.1, 0.15) is 42.8 Å². The molecule has 1 rings (SSSR count). The SMILES string of the molecule is C=CC(=C\CC)/C(C)=C/c1c(C=C)c(C=C)n(C)c1C=C. The number of nitrogens with zero attached hydrogens (tertiary/aromatic N) is 1. The highest BCUT2D eigenvalue weighted by Gasteiger charge is 2.14. The summed E-state index contributed by atoms with van der Waals surface area (Å²) in [4.78, 5) is 0. The van der Waals surface area contributed by atoms with Crippen molar-refractivity contribution >= 4 is 24.3 Å². The molecule has 1 aromatic rings. The van der Waals surface area contributed by atoms with Crippen LogP contribution in [0.2, 0.25) is 0 Å². The van der Waals surface area contributed by atoms with E-state index in [4.69, 9.17) is 0 Å². The first kappa shape index (κ1) is 16.8. The van der Waals surface area contributed by atoms with Gasteiger partial charge in [0.25, 0.3) is 0 Å². The standard InChI is InChI=1S/C20H25N/c1-8-13-16(9-2)15(6)14-18-17(10-3)19(11-4)21(7)20(18)12-5/h9-14H,2-5,8H2,1,6-7H3/b15-14+,16-13+. The van der Waals surface area contributed by atoms with E-state index in [-0.39, 0.29) is 0 Å². The van der Waals surface area contributed by atoms with Gasteiger partial charge in [0.15, 0.2) is 0 Å². The Morgan fingerprint density at radius 3 is 2.00 bits per heavy atom. The van der Waals surface area contributed by atoms with Crippen LogP contribution in [-0.4, -0.2) is 4.57 Å². The normalized spacial score (nSPS) is 12.1. The van der Waals surface area contributed by atoms with E-state index in [1.165, 1.54) is 5.57 Å². The average molecular weight is 279 g/mol. The fraction of sp³-hybridized carbons (Fsp3) is 0.200. The Morgan fingerprint density at radius 2 is 1.57 bits per heavy atom. The molecular formula is C20H25N. The molecule has 0 aliphatic carbocycles. The van der Waals surface area contributed by atoms with Gasteiger partial charge in [-0.15, -0.1) is 0 Å². The fourth-order valence-corrected chi connectivity index (χ4v) is 2.55. The van der Waals surface area contributed by atoms with Gasteiger partial charge in [-0.25, -0.2) is 0 Å². The molecule has 0 aliphatic rings. The lowest BCUT2D eigenvalue weighted by Gasteiger charge is -2.04. The average Bonchev–Trinajstić information content (AvgIpc) is 2.74. The number of allylic oxidation sites excluding steroid dienone is 4. The molecule has 0 aromatic carbocycles. The minimum atomic E-state index is 0.988. The summed E-state index contributed by atoms with van der Waals surface area (Å²) in [7, 11) is 2.02. The lowest BCUT2D eigenvalue weighted by molar-refractivity contribution is 0.901. The van der Waals surface area contributed by atoms with E-state index in [9.17, 15) is 0 Å². The third-order valence-corrected chi connectivity index (χ3v) is 3.62. The van der Waals surface area contributed by atoms with Gasteiger partial charge in [0.2, 0.25) is 0 Å². The molecule has 0 aliphatic heterocycles. The maximum Gasteiger partial charge on any atom is 0.0482 e. The van der Waals surface area contributed by atoms with Gasteiger partial charge < -0.3 is 4.57 Å². The van der Waals surface area contributed by atoms with Crippen molar-refractivity contribution in [2.45, 2.75) is 20.3 Å². The quantitative estimate of drug-likeness (QED) is 0.549. The molecule has 0 unspecified atom stereocenters. The first-order chi connectivity index (χ1) is 10.0. The first-order valence-electron chi connectivity index (χ1n) is 7.16. The highest BCUT2D eigenvalue weighted by atomic mass is 15.0. The monoisotopic (exact) mass is 279 g/mol. The van der Waals surface area contributed by atoms with Crippen molar-refractivity contribution in [3.8, 4) is 0 Å². The number of aromatic nitrogens is 1. The molecular weight excluding hydrogens is 254 g/mol. The Balaban J connectivity index is 3.59. The van der Waals surface area contributed by atoms with Gasteiger partial charge >= 0.3 is 0 Å². The maximum absolute atomic E-state index is 3.94. The van der Waals surface area contributed by atoms with Gasteiger partial charge in [-0.05, 0) is 42.7 Å². The summed E-state index contributed by atoms with van der Waals surface area (Å²) in [6, 6.07) is 0. The summed E-state index contributed by atoms with van der Waals surface area (Å²) in [5.41, 5.74) is 6.67. The van der Waals surface area contributed by atoms with Gasteiger partial charge in [0.05, 0.1) is 0 Å². The minimum absolute atomic E-state index is 0.988. The van der Waals surface area contributed by atoms with Crippen LogP contribution in [0.3, 0.4) is 0 Å². The molecule has 1 aromatic heterocycles. The van der Waals surface area contributed by atoms with Crippen LogP contribution < -0.4 is 0 Å². The third kappa shape index (κ3) is 3.25. The van der Waals surface area contributed by atoms with Crippen LogP contribution in [0.25, 0.3) is 24.3 Å². The van der Waals surface area contributed by atoms with Crippen molar-refractivity contribution in [1.82, 2.24) is 4.57 Å². The second kappa shape index (κ2) is 7.49. The van der Waals surface area contributed by atoms with Gasteiger partial charge in [-0.2, -0.15) is 0 Å². The molecule has 0 amide bonds. The Labute approximate surface area is 129 Å². The van der Waals surface area contributed by atoms with Gasteiger partial charge in [0, 0.05) is 29.6 Å². The van der Waals surface area contributed by atoms with E-state index in [2.05, 4.69) is 56.9 Å². The van der Waals surface area contributed by atoms with E-state index in [0.29, 0.717) is 0 Å². The highest BCUT2D eigenvalue weighted by Crippen LogP contribution is 2.29. The summed E-state index contributed by atoms with van der Waals surface area (Å²) in [6.45, 7) is 19.9. The second-order valence-corrected chi connectivity index (χ2v) is 4.87. The van der Waals surface area contributed by atoms with Crippen LogP contribution in [0.4, 0.5) is 0 Å². The molecule has 21 heavy (non-hydrogen) atoms.